The molecule has 1 rings (SSSR count). The third kappa shape index (κ3) is 2.23. The summed E-state index contributed by atoms with van der Waals surface area (Å²) < 4.78 is 9.19. The molecule has 0 aromatic rings. The zero-order valence-electron chi connectivity index (χ0n) is 6.57. The summed E-state index contributed by atoms with van der Waals surface area (Å²) in [5.74, 6) is -0.754. The molecule has 0 spiro atoms. The fraction of sp³-hybridized carbons (Fsp3) is 0.250. The molecule has 0 radical (unpaired) electrons. The molecule has 0 aliphatic carbocycles. The molecule has 0 unspecified atom stereocenters. The van der Waals surface area contributed by atoms with Gasteiger partial charge in [-0.05, 0) is 13.0 Å². The van der Waals surface area contributed by atoms with Crippen LogP contribution in [0.4, 0.5) is 0 Å². The van der Waals surface area contributed by atoms with Crippen molar-refractivity contribution in [2.24, 2.45) is 0 Å². The zero-order valence-corrected chi connectivity index (χ0v) is 6.57. The largest absolute Gasteiger partial charge is 0.463 e. The fourth-order valence-corrected chi connectivity index (χ4v) is 0.712. The molecule has 12 heavy (non-hydrogen) atoms. The summed E-state index contributed by atoms with van der Waals surface area (Å²) in [6, 6.07) is 0. The highest BCUT2D eigenvalue weighted by Crippen LogP contribution is 2.08. The van der Waals surface area contributed by atoms with Crippen molar-refractivity contribution >= 4 is 11.9 Å². The maximum atomic E-state index is 10.8. The second kappa shape index (κ2) is 3.71. The maximum Gasteiger partial charge on any atom is 0.336 e. The first-order valence-electron chi connectivity index (χ1n) is 3.50. The lowest BCUT2D eigenvalue weighted by molar-refractivity contribution is -0.137. The Hall–Kier alpha value is -1.58. The average Bonchev–Trinajstić information content (AvgIpc) is 2.36. The van der Waals surface area contributed by atoms with Gasteiger partial charge in [0.15, 0.2) is 0 Å². The van der Waals surface area contributed by atoms with Crippen molar-refractivity contribution < 1.29 is 19.1 Å². The number of ether oxygens (including phenoxy) is 2. The summed E-state index contributed by atoms with van der Waals surface area (Å²) in [5.41, 5.74) is 0. The SMILES string of the molecule is CCOC(=O)/C=C1\C=CC(=O)O1. The number of rotatable bonds is 2. The average molecular weight is 168 g/mol. The maximum absolute atomic E-state index is 10.8. The lowest BCUT2D eigenvalue weighted by Gasteiger charge is -1.96. The van der Waals surface area contributed by atoms with Gasteiger partial charge in [0.1, 0.15) is 5.76 Å². The topological polar surface area (TPSA) is 52.6 Å². The number of carbonyl (C=O) groups excluding carboxylic acids is 2. The highest BCUT2D eigenvalue weighted by Gasteiger charge is 2.10. The first kappa shape index (κ1) is 8.52. The van der Waals surface area contributed by atoms with Gasteiger partial charge in [0.2, 0.25) is 0 Å². The molecule has 4 heteroatoms. The number of esters is 2. The van der Waals surface area contributed by atoms with Gasteiger partial charge in [0.25, 0.3) is 0 Å². The van der Waals surface area contributed by atoms with Crippen molar-refractivity contribution in [1.82, 2.24) is 0 Å². The molecule has 0 fully saturated rings. The standard InChI is InChI=1S/C8H8O4/c1-2-11-8(10)5-6-3-4-7(9)12-6/h3-5H,2H2,1H3/b6-5+. The molecule has 0 aromatic heterocycles. The summed E-state index contributed by atoms with van der Waals surface area (Å²) in [7, 11) is 0. The molecule has 0 bridgehead atoms. The van der Waals surface area contributed by atoms with Crippen LogP contribution in [0, 0.1) is 0 Å². The van der Waals surface area contributed by atoms with Crippen molar-refractivity contribution in [3.63, 3.8) is 0 Å². The van der Waals surface area contributed by atoms with E-state index in [0.717, 1.165) is 6.08 Å². The van der Waals surface area contributed by atoms with E-state index in [1.807, 2.05) is 0 Å². The van der Waals surface area contributed by atoms with Crippen LogP contribution in [0.25, 0.3) is 0 Å². The van der Waals surface area contributed by atoms with E-state index in [1.54, 1.807) is 6.92 Å². The van der Waals surface area contributed by atoms with Crippen molar-refractivity contribution in [2.45, 2.75) is 6.92 Å². The third-order valence-electron chi connectivity index (χ3n) is 1.15. The smallest absolute Gasteiger partial charge is 0.336 e. The minimum Gasteiger partial charge on any atom is -0.463 e. The lowest BCUT2D eigenvalue weighted by Crippen LogP contribution is -2.01. The van der Waals surface area contributed by atoms with Gasteiger partial charge in [0.05, 0.1) is 12.7 Å². The molecular formula is C8H8O4. The van der Waals surface area contributed by atoms with Crippen LogP contribution in [0.5, 0.6) is 0 Å². The van der Waals surface area contributed by atoms with E-state index < -0.39 is 11.9 Å². The Morgan fingerprint density at radius 3 is 2.92 bits per heavy atom. The van der Waals surface area contributed by atoms with Gasteiger partial charge in [0, 0.05) is 6.08 Å². The van der Waals surface area contributed by atoms with Crippen molar-refractivity contribution in [2.75, 3.05) is 6.61 Å². The summed E-state index contributed by atoms with van der Waals surface area (Å²) in [4.78, 5) is 21.3. The van der Waals surface area contributed by atoms with Crippen LogP contribution in [0.15, 0.2) is 24.0 Å². The Labute approximate surface area is 69.5 Å². The van der Waals surface area contributed by atoms with Crippen LogP contribution < -0.4 is 0 Å². The monoisotopic (exact) mass is 168 g/mol. The highest BCUT2D eigenvalue weighted by molar-refractivity contribution is 5.90. The van der Waals surface area contributed by atoms with E-state index in [9.17, 15) is 9.59 Å². The summed E-state index contributed by atoms with van der Waals surface area (Å²) >= 11 is 0. The first-order valence-corrected chi connectivity index (χ1v) is 3.50. The van der Waals surface area contributed by atoms with E-state index >= 15 is 0 Å². The highest BCUT2D eigenvalue weighted by atomic mass is 16.5. The quantitative estimate of drug-likeness (QED) is 0.446. The van der Waals surface area contributed by atoms with Gasteiger partial charge in [-0.3, -0.25) is 0 Å². The number of hydrogen-bond acceptors (Lipinski definition) is 4. The molecule has 0 atom stereocenters. The van der Waals surface area contributed by atoms with Crippen LogP contribution in [-0.2, 0) is 19.1 Å². The summed E-state index contributed by atoms with van der Waals surface area (Å²) in [5, 5.41) is 0. The molecule has 4 nitrogen and oxygen atoms in total. The molecule has 0 saturated heterocycles. The molecule has 0 N–H and O–H groups in total. The summed E-state index contributed by atoms with van der Waals surface area (Å²) in [6.07, 6.45) is 3.79. The molecule has 1 aliphatic rings. The predicted molar refractivity (Wildman–Crippen MR) is 39.9 cm³/mol. The molecule has 0 saturated carbocycles. The molecule has 64 valence electrons. The Morgan fingerprint density at radius 2 is 2.42 bits per heavy atom. The fourth-order valence-electron chi connectivity index (χ4n) is 0.712. The number of allylic oxidation sites excluding steroid dienone is 1. The second-order valence-corrected chi connectivity index (χ2v) is 2.05. The van der Waals surface area contributed by atoms with Crippen LogP contribution >= 0.6 is 0 Å². The van der Waals surface area contributed by atoms with Gasteiger partial charge >= 0.3 is 11.9 Å². The Bertz CT molecular complexity index is 262. The molecule has 1 aliphatic heterocycles. The lowest BCUT2D eigenvalue weighted by atomic mass is 10.4. The normalized spacial score (nSPS) is 18.1. The van der Waals surface area contributed by atoms with Gasteiger partial charge in [-0.2, -0.15) is 0 Å². The van der Waals surface area contributed by atoms with Crippen LogP contribution in [0.3, 0.4) is 0 Å². The van der Waals surface area contributed by atoms with Crippen molar-refractivity contribution in [1.29, 1.82) is 0 Å². The van der Waals surface area contributed by atoms with E-state index in [2.05, 4.69) is 9.47 Å². The Kier molecular flexibility index (Phi) is 2.63. The first-order chi connectivity index (χ1) is 5.72. The number of hydrogen-bond donors (Lipinski definition) is 0. The molecular weight excluding hydrogens is 160 g/mol. The van der Waals surface area contributed by atoms with Gasteiger partial charge in [-0.15, -0.1) is 0 Å². The van der Waals surface area contributed by atoms with E-state index in [4.69, 9.17) is 0 Å². The molecule has 0 amide bonds. The van der Waals surface area contributed by atoms with Crippen molar-refractivity contribution in [3.05, 3.63) is 24.0 Å². The van der Waals surface area contributed by atoms with Gasteiger partial charge in [-0.25, -0.2) is 9.59 Å². The van der Waals surface area contributed by atoms with Gasteiger partial charge in [-0.1, -0.05) is 0 Å². The van der Waals surface area contributed by atoms with Crippen LogP contribution in [0.1, 0.15) is 6.92 Å². The van der Waals surface area contributed by atoms with E-state index in [-0.39, 0.29) is 5.76 Å². The Morgan fingerprint density at radius 1 is 1.67 bits per heavy atom. The summed E-state index contributed by atoms with van der Waals surface area (Å²) in [6.45, 7) is 2.01. The number of carbonyl (C=O) groups is 2. The van der Waals surface area contributed by atoms with Crippen LogP contribution in [0.2, 0.25) is 0 Å². The third-order valence-corrected chi connectivity index (χ3v) is 1.15. The van der Waals surface area contributed by atoms with Gasteiger partial charge < -0.3 is 9.47 Å². The van der Waals surface area contributed by atoms with Crippen molar-refractivity contribution in [3.8, 4) is 0 Å². The van der Waals surface area contributed by atoms with Crippen LogP contribution in [-0.4, -0.2) is 18.5 Å². The molecule has 1 heterocycles. The molecule has 0 aromatic carbocycles. The minimum atomic E-state index is -0.508. The van der Waals surface area contributed by atoms with E-state index in [0.29, 0.717) is 6.61 Å². The zero-order chi connectivity index (χ0) is 8.97. The Balaban J connectivity index is 2.53. The predicted octanol–water partition coefficient (Wildman–Crippen LogP) is 0.546. The minimum absolute atomic E-state index is 0.221. The second-order valence-electron chi connectivity index (χ2n) is 2.05. The van der Waals surface area contributed by atoms with E-state index in [1.165, 1.54) is 12.2 Å². The number of cyclic esters (lactones) is 1.